The Balaban J connectivity index is 4.70. The Kier molecular flexibility index (Phi) is 51.1. The lowest BCUT2D eigenvalue weighted by atomic mass is 10.0. The van der Waals surface area contributed by atoms with Crippen LogP contribution < -0.4 is 5.32 Å². The molecule has 3 atom stereocenters. The third-order valence-corrected chi connectivity index (χ3v) is 12.1. The van der Waals surface area contributed by atoms with E-state index in [1.165, 1.54) is 116 Å². The normalized spacial score (nSPS) is 13.9. The van der Waals surface area contributed by atoms with Crippen molar-refractivity contribution in [3.05, 3.63) is 97.2 Å². The van der Waals surface area contributed by atoms with Gasteiger partial charge in [-0.3, -0.25) is 9.59 Å². The molecule has 0 aromatic carbocycles. The number of aliphatic hydroxyl groups excluding tert-OH is 2. The summed E-state index contributed by atoms with van der Waals surface area (Å²) in [4.78, 5) is 26.2. The van der Waals surface area contributed by atoms with Gasteiger partial charge in [0.1, 0.15) is 6.10 Å². The van der Waals surface area contributed by atoms with Crippen LogP contribution in [0.15, 0.2) is 97.2 Å². The number of amides is 1. The quantitative estimate of drug-likeness (QED) is 0.0321. The largest absolute Gasteiger partial charge is 0.458 e. The van der Waals surface area contributed by atoms with E-state index < -0.39 is 18.2 Å². The highest BCUT2D eigenvalue weighted by atomic mass is 16.5. The summed E-state index contributed by atoms with van der Waals surface area (Å²) in [5.74, 6) is -0.657. The van der Waals surface area contributed by atoms with Gasteiger partial charge in [0.2, 0.25) is 5.91 Å². The summed E-state index contributed by atoms with van der Waals surface area (Å²) in [6.45, 7) is 6.31. The van der Waals surface area contributed by atoms with Gasteiger partial charge in [-0.05, 0) is 89.5 Å². The van der Waals surface area contributed by atoms with Crippen molar-refractivity contribution in [2.45, 2.75) is 270 Å². The summed E-state index contributed by atoms with van der Waals surface area (Å²) in [7, 11) is 0. The van der Waals surface area contributed by atoms with Crippen LogP contribution in [0.4, 0.5) is 0 Å². The molecule has 0 spiro atoms. The highest BCUT2D eigenvalue weighted by molar-refractivity contribution is 5.78. The summed E-state index contributed by atoms with van der Waals surface area (Å²) in [5, 5.41) is 23.8. The lowest BCUT2D eigenvalue weighted by molar-refractivity contribution is -0.148. The summed E-state index contributed by atoms with van der Waals surface area (Å²) < 4.78 is 5.83. The summed E-state index contributed by atoms with van der Waals surface area (Å²) >= 11 is 0. The van der Waals surface area contributed by atoms with Crippen LogP contribution in [0.2, 0.25) is 0 Å². The monoisotopic (exact) mass is 932 g/mol. The fourth-order valence-electron chi connectivity index (χ4n) is 7.93. The molecule has 0 aliphatic heterocycles. The van der Waals surface area contributed by atoms with E-state index in [1.807, 2.05) is 6.08 Å². The zero-order valence-electron chi connectivity index (χ0n) is 43.8. The molecule has 3 unspecified atom stereocenters. The number of hydrogen-bond acceptors (Lipinski definition) is 5. The minimum absolute atomic E-state index is 0.0595. The second kappa shape index (κ2) is 53.7. The number of ether oxygens (including phenoxy) is 1. The molecular weight excluding hydrogens is 827 g/mol. The number of esters is 1. The van der Waals surface area contributed by atoms with E-state index in [1.54, 1.807) is 6.08 Å². The number of nitrogens with one attached hydrogen (secondary N) is 1. The summed E-state index contributed by atoms with van der Waals surface area (Å²) in [5.41, 5.74) is 0. The number of rotatable bonds is 49. The molecule has 67 heavy (non-hydrogen) atoms. The van der Waals surface area contributed by atoms with Crippen LogP contribution in [0, 0.1) is 0 Å². The van der Waals surface area contributed by atoms with Crippen LogP contribution in [0.1, 0.15) is 252 Å². The predicted octanol–water partition coefficient (Wildman–Crippen LogP) is 17.3. The van der Waals surface area contributed by atoms with Gasteiger partial charge in [0.25, 0.3) is 0 Å². The molecule has 0 bridgehead atoms. The Bertz CT molecular complexity index is 1320. The zero-order chi connectivity index (χ0) is 48.8. The summed E-state index contributed by atoms with van der Waals surface area (Å²) in [6, 6.07) is -0.753. The molecule has 0 aromatic rings. The number of carbonyl (C=O) groups excluding carboxylic acids is 2. The van der Waals surface area contributed by atoms with Gasteiger partial charge in [-0.25, -0.2) is 0 Å². The lowest BCUT2D eigenvalue weighted by Gasteiger charge is -2.23. The Morgan fingerprint density at radius 2 is 0.836 bits per heavy atom. The molecule has 6 heteroatoms. The molecule has 3 N–H and O–H groups in total. The van der Waals surface area contributed by atoms with Gasteiger partial charge in [-0.15, -0.1) is 0 Å². The Morgan fingerprint density at radius 1 is 0.463 bits per heavy atom. The van der Waals surface area contributed by atoms with E-state index in [0.29, 0.717) is 19.3 Å². The Hall–Kier alpha value is -3.22. The molecule has 0 aromatic heterocycles. The first-order valence-corrected chi connectivity index (χ1v) is 28.0. The van der Waals surface area contributed by atoms with Crippen LogP contribution in [0.3, 0.4) is 0 Å². The van der Waals surface area contributed by atoms with E-state index in [-0.39, 0.29) is 24.9 Å². The number of unbranched alkanes of at least 4 members (excludes halogenated alkanes) is 23. The summed E-state index contributed by atoms with van der Waals surface area (Å²) in [6.07, 6.45) is 72.1. The molecule has 384 valence electrons. The highest BCUT2D eigenvalue weighted by Crippen LogP contribution is 2.16. The molecule has 6 nitrogen and oxygen atoms in total. The first-order valence-electron chi connectivity index (χ1n) is 28.0. The number of allylic oxidation sites excluding steroid dienone is 15. The van der Waals surface area contributed by atoms with Crippen molar-refractivity contribution < 1.29 is 24.5 Å². The minimum atomic E-state index is -0.829. The average Bonchev–Trinajstić information content (AvgIpc) is 3.32. The van der Waals surface area contributed by atoms with E-state index in [4.69, 9.17) is 4.74 Å². The second-order valence-corrected chi connectivity index (χ2v) is 18.6. The van der Waals surface area contributed by atoms with Crippen LogP contribution in [-0.4, -0.2) is 46.9 Å². The van der Waals surface area contributed by atoms with Crippen molar-refractivity contribution in [2.24, 2.45) is 0 Å². The van der Waals surface area contributed by atoms with Crippen LogP contribution in [-0.2, 0) is 14.3 Å². The fraction of sp³-hybridized carbons (Fsp3) is 0.705. The van der Waals surface area contributed by atoms with Gasteiger partial charge in [-0.1, -0.05) is 247 Å². The van der Waals surface area contributed by atoms with Gasteiger partial charge in [0.05, 0.1) is 25.2 Å². The van der Waals surface area contributed by atoms with Crippen molar-refractivity contribution in [1.29, 1.82) is 0 Å². The minimum Gasteiger partial charge on any atom is -0.458 e. The lowest BCUT2D eigenvalue weighted by Crippen LogP contribution is -2.46. The first kappa shape index (κ1) is 63.8. The molecule has 1 amide bonds. The van der Waals surface area contributed by atoms with Crippen LogP contribution in [0.25, 0.3) is 0 Å². The molecule has 0 radical (unpaired) electrons. The number of carbonyl (C=O) groups is 2. The van der Waals surface area contributed by atoms with E-state index in [2.05, 4.69) is 111 Å². The van der Waals surface area contributed by atoms with Crippen molar-refractivity contribution in [2.75, 3.05) is 6.61 Å². The fourth-order valence-corrected chi connectivity index (χ4v) is 7.93. The third-order valence-electron chi connectivity index (χ3n) is 12.1. The molecule has 0 saturated carbocycles. The molecule has 0 rings (SSSR count). The van der Waals surface area contributed by atoms with Crippen LogP contribution in [0.5, 0.6) is 0 Å². The maximum Gasteiger partial charge on any atom is 0.306 e. The number of aliphatic hydroxyl groups is 2. The smallest absolute Gasteiger partial charge is 0.306 e. The third kappa shape index (κ3) is 49.0. The van der Waals surface area contributed by atoms with Crippen molar-refractivity contribution >= 4 is 11.9 Å². The maximum atomic E-state index is 13.2. The van der Waals surface area contributed by atoms with Crippen LogP contribution >= 0.6 is 0 Å². The molecule has 0 aliphatic rings. The second-order valence-electron chi connectivity index (χ2n) is 18.6. The predicted molar refractivity (Wildman–Crippen MR) is 291 cm³/mol. The molecule has 0 heterocycles. The maximum absolute atomic E-state index is 13.2. The molecule has 0 fully saturated rings. The van der Waals surface area contributed by atoms with Crippen molar-refractivity contribution in [3.63, 3.8) is 0 Å². The number of hydrogen-bond donors (Lipinski definition) is 3. The molecular formula is C61H105NO5. The molecule has 0 saturated heterocycles. The Labute approximate surface area is 414 Å². The topological polar surface area (TPSA) is 95.9 Å². The highest BCUT2D eigenvalue weighted by Gasteiger charge is 2.23. The van der Waals surface area contributed by atoms with Gasteiger partial charge in [0, 0.05) is 6.42 Å². The van der Waals surface area contributed by atoms with E-state index in [0.717, 1.165) is 89.9 Å². The van der Waals surface area contributed by atoms with Crippen molar-refractivity contribution in [1.82, 2.24) is 5.32 Å². The van der Waals surface area contributed by atoms with Gasteiger partial charge in [0.15, 0.2) is 0 Å². The SMILES string of the molecule is CC/C=C/C/C=C/C/C=C/C/C=C/C/C=C/C(CC(=O)NC(CO)C(O)CCCCCCCCCCCCCCCCCCC)OC(=O)CCCCCC/C=C\C/C=C\C/C=C\CCCCC. The standard InChI is InChI=1S/C61H105NO5/c1-4-7-10-13-16-19-22-25-28-30-32-35-38-41-44-47-50-53-59(64)58(56-63)62-60(65)55-57(52-49-46-43-40-37-34-27-24-21-18-15-12-9-6-3)67-61(66)54-51-48-45-42-39-36-33-31-29-26-23-20-17-14-11-8-5-2/h9,12,17-18,20-21,26-27,29,33-34,36,40,43,49,52,57-59,63-64H,4-8,10-11,13-16,19,22-25,28,30-32,35,37-39,41-42,44-48,50-51,53-56H2,1-3H3,(H,62,65)/b12-9+,20-17-,21-18+,29-26-,34-27+,36-33-,43-40+,52-49+. The zero-order valence-corrected chi connectivity index (χ0v) is 43.8. The van der Waals surface area contributed by atoms with Gasteiger partial charge < -0.3 is 20.3 Å². The Morgan fingerprint density at radius 3 is 1.30 bits per heavy atom. The van der Waals surface area contributed by atoms with E-state index in [9.17, 15) is 19.8 Å². The average molecular weight is 933 g/mol. The van der Waals surface area contributed by atoms with Gasteiger partial charge in [-0.2, -0.15) is 0 Å². The van der Waals surface area contributed by atoms with Crippen molar-refractivity contribution in [3.8, 4) is 0 Å². The van der Waals surface area contributed by atoms with E-state index >= 15 is 0 Å². The first-order chi connectivity index (χ1) is 33.0. The molecule has 0 aliphatic carbocycles. The van der Waals surface area contributed by atoms with Gasteiger partial charge >= 0.3 is 5.97 Å².